The van der Waals surface area contributed by atoms with Gasteiger partial charge < -0.3 is 5.32 Å². The Balaban J connectivity index is 2.10. The molecule has 1 heterocycles. The molecule has 0 amide bonds. The molecule has 0 saturated carbocycles. The van der Waals surface area contributed by atoms with Crippen LogP contribution in [-0.4, -0.2) is 4.98 Å². The van der Waals surface area contributed by atoms with Crippen LogP contribution in [0.4, 0.5) is 5.69 Å². The number of benzene rings is 1. The van der Waals surface area contributed by atoms with Gasteiger partial charge in [0.25, 0.3) is 0 Å². The lowest BCUT2D eigenvalue weighted by Crippen LogP contribution is -2.11. The highest BCUT2D eigenvalue weighted by atomic mass is 79.9. The first kappa shape index (κ1) is 15.0. The molecule has 0 bridgehead atoms. The van der Waals surface area contributed by atoms with E-state index in [4.69, 9.17) is 5.26 Å². The fourth-order valence-corrected chi connectivity index (χ4v) is 2.95. The van der Waals surface area contributed by atoms with Crippen molar-refractivity contribution in [2.24, 2.45) is 0 Å². The molecule has 1 aromatic heterocycles. The molecule has 3 nitrogen and oxygen atoms in total. The topological polar surface area (TPSA) is 48.7 Å². The number of hydrogen-bond donors (Lipinski definition) is 1. The monoisotopic (exact) mass is 349 g/mol. The molecule has 0 spiro atoms. The molecular weight excluding hydrogens is 334 g/mol. The molecule has 1 aromatic carbocycles. The van der Waals surface area contributed by atoms with E-state index >= 15 is 0 Å². The van der Waals surface area contributed by atoms with E-state index in [0.29, 0.717) is 12.1 Å². The average molecular weight is 350 g/mol. The molecule has 2 aromatic rings. The quantitative estimate of drug-likeness (QED) is 0.874. The number of anilines is 1. The first-order valence-electron chi connectivity index (χ1n) is 6.28. The number of thiazole rings is 1. The van der Waals surface area contributed by atoms with Crippen LogP contribution in [-0.2, 0) is 12.0 Å². The van der Waals surface area contributed by atoms with Crippen molar-refractivity contribution in [3.63, 3.8) is 0 Å². The zero-order valence-corrected chi connectivity index (χ0v) is 14.1. The molecule has 0 radical (unpaired) electrons. The molecule has 0 saturated heterocycles. The van der Waals surface area contributed by atoms with Gasteiger partial charge in [-0.1, -0.05) is 36.7 Å². The van der Waals surface area contributed by atoms with Crippen molar-refractivity contribution in [3.8, 4) is 6.07 Å². The number of hydrogen-bond acceptors (Lipinski definition) is 4. The van der Waals surface area contributed by atoms with Crippen molar-refractivity contribution in [3.05, 3.63) is 44.3 Å². The van der Waals surface area contributed by atoms with Crippen LogP contribution < -0.4 is 5.32 Å². The van der Waals surface area contributed by atoms with Crippen LogP contribution in [0, 0.1) is 11.3 Å². The SMILES string of the molecule is CC(C)(C)c1nc(CNc2ccc(Br)cc2C#N)cs1. The molecular formula is C15H16BrN3S. The van der Waals surface area contributed by atoms with E-state index in [1.807, 2.05) is 18.2 Å². The Labute approximate surface area is 131 Å². The minimum Gasteiger partial charge on any atom is -0.378 e. The molecule has 0 atom stereocenters. The lowest BCUT2D eigenvalue weighted by atomic mass is 9.98. The highest BCUT2D eigenvalue weighted by Crippen LogP contribution is 2.26. The highest BCUT2D eigenvalue weighted by molar-refractivity contribution is 9.10. The van der Waals surface area contributed by atoms with Crippen molar-refractivity contribution in [2.45, 2.75) is 32.7 Å². The Kier molecular flexibility index (Phi) is 4.46. The fourth-order valence-electron chi connectivity index (χ4n) is 1.68. The van der Waals surface area contributed by atoms with Gasteiger partial charge in [0.15, 0.2) is 0 Å². The van der Waals surface area contributed by atoms with Gasteiger partial charge in [0.05, 0.1) is 28.5 Å². The van der Waals surface area contributed by atoms with E-state index in [1.54, 1.807) is 11.3 Å². The summed E-state index contributed by atoms with van der Waals surface area (Å²) in [5.74, 6) is 0. The van der Waals surface area contributed by atoms with Gasteiger partial charge in [-0.2, -0.15) is 5.26 Å². The van der Waals surface area contributed by atoms with Crippen LogP contribution in [0.2, 0.25) is 0 Å². The maximum absolute atomic E-state index is 9.13. The number of nitrogens with one attached hydrogen (secondary N) is 1. The van der Waals surface area contributed by atoms with E-state index < -0.39 is 0 Å². The van der Waals surface area contributed by atoms with Crippen LogP contribution in [0.5, 0.6) is 0 Å². The Morgan fingerprint density at radius 1 is 1.40 bits per heavy atom. The summed E-state index contributed by atoms with van der Waals surface area (Å²) in [5.41, 5.74) is 2.55. The summed E-state index contributed by atoms with van der Waals surface area (Å²) >= 11 is 5.05. The van der Waals surface area contributed by atoms with Gasteiger partial charge in [0.2, 0.25) is 0 Å². The minimum absolute atomic E-state index is 0.0817. The van der Waals surface area contributed by atoms with E-state index in [0.717, 1.165) is 20.9 Å². The van der Waals surface area contributed by atoms with Crippen LogP contribution in [0.15, 0.2) is 28.1 Å². The Hall–Kier alpha value is -1.38. The molecule has 104 valence electrons. The van der Waals surface area contributed by atoms with Crippen LogP contribution in [0.1, 0.15) is 37.0 Å². The lowest BCUT2D eigenvalue weighted by Gasteiger charge is -2.13. The maximum atomic E-state index is 9.13. The van der Waals surface area contributed by atoms with Crippen molar-refractivity contribution in [2.75, 3.05) is 5.32 Å². The van der Waals surface area contributed by atoms with E-state index in [-0.39, 0.29) is 5.41 Å². The highest BCUT2D eigenvalue weighted by Gasteiger charge is 2.17. The first-order valence-corrected chi connectivity index (χ1v) is 7.96. The normalized spacial score (nSPS) is 11.2. The molecule has 0 unspecified atom stereocenters. The Bertz CT molecular complexity index is 650. The van der Waals surface area contributed by atoms with Gasteiger partial charge in [0, 0.05) is 15.3 Å². The van der Waals surface area contributed by atoms with Crippen molar-refractivity contribution < 1.29 is 0 Å². The summed E-state index contributed by atoms with van der Waals surface area (Å²) in [6.07, 6.45) is 0. The second-order valence-electron chi connectivity index (χ2n) is 5.55. The van der Waals surface area contributed by atoms with Gasteiger partial charge >= 0.3 is 0 Å². The number of nitrogens with zero attached hydrogens (tertiary/aromatic N) is 2. The average Bonchev–Trinajstić information content (AvgIpc) is 2.86. The van der Waals surface area contributed by atoms with E-state index in [9.17, 15) is 0 Å². The van der Waals surface area contributed by atoms with E-state index in [2.05, 4.69) is 58.5 Å². The number of halogens is 1. The standard InChI is InChI=1S/C15H16BrN3S/c1-15(2,3)14-19-12(9-20-14)8-18-13-5-4-11(16)6-10(13)7-17/h4-6,9,18H,8H2,1-3H3. The van der Waals surface area contributed by atoms with Crippen LogP contribution in [0.25, 0.3) is 0 Å². The summed E-state index contributed by atoms with van der Waals surface area (Å²) in [4.78, 5) is 4.63. The smallest absolute Gasteiger partial charge is 0.101 e. The zero-order valence-electron chi connectivity index (χ0n) is 11.7. The second-order valence-corrected chi connectivity index (χ2v) is 7.32. The van der Waals surface area contributed by atoms with Gasteiger partial charge in [-0.3, -0.25) is 0 Å². The van der Waals surface area contributed by atoms with Crippen LogP contribution >= 0.6 is 27.3 Å². The molecule has 0 aliphatic carbocycles. The third kappa shape index (κ3) is 3.59. The summed E-state index contributed by atoms with van der Waals surface area (Å²) in [7, 11) is 0. The van der Waals surface area contributed by atoms with Crippen molar-refractivity contribution in [1.29, 1.82) is 5.26 Å². The molecule has 5 heteroatoms. The minimum atomic E-state index is 0.0817. The van der Waals surface area contributed by atoms with Crippen LogP contribution in [0.3, 0.4) is 0 Å². The fraction of sp³-hybridized carbons (Fsp3) is 0.333. The largest absolute Gasteiger partial charge is 0.378 e. The van der Waals surface area contributed by atoms with E-state index in [1.165, 1.54) is 0 Å². The molecule has 2 rings (SSSR count). The van der Waals surface area contributed by atoms with Gasteiger partial charge in [-0.25, -0.2) is 4.98 Å². The third-order valence-electron chi connectivity index (χ3n) is 2.76. The number of rotatable bonds is 3. The molecule has 0 aliphatic heterocycles. The number of nitriles is 1. The lowest BCUT2D eigenvalue weighted by molar-refractivity contribution is 0.583. The zero-order chi connectivity index (χ0) is 14.8. The number of aromatic nitrogens is 1. The van der Waals surface area contributed by atoms with Crippen molar-refractivity contribution in [1.82, 2.24) is 4.98 Å². The van der Waals surface area contributed by atoms with Gasteiger partial charge in [0.1, 0.15) is 6.07 Å². The van der Waals surface area contributed by atoms with Gasteiger partial charge in [-0.05, 0) is 18.2 Å². The molecule has 20 heavy (non-hydrogen) atoms. The summed E-state index contributed by atoms with van der Waals surface area (Å²) in [6.45, 7) is 7.10. The summed E-state index contributed by atoms with van der Waals surface area (Å²) in [6, 6.07) is 7.83. The molecule has 0 fully saturated rings. The van der Waals surface area contributed by atoms with Gasteiger partial charge in [-0.15, -0.1) is 11.3 Å². The molecule has 0 aliphatic rings. The third-order valence-corrected chi connectivity index (χ3v) is 4.57. The van der Waals surface area contributed by atoms with Crippen molar-refractivity contribution >= 4 is 33.0 Å². The Morgan fingerprint density at radius 2 is 2.15 bits per heavy atom. The maximum Gasteiger partial charge on any atom is 0.101 e. The Morgan fingerprint density at radius 3 is 2.75 bits per heavy atom. The second kappa shape index (κ2) is 5.94. The summed E-state index contributed by atoms with van der Waals surface area (Å²) in [5, 5.41) is 15.6. The molecule has 1 N–H and O–H groups in total. The predicted octanol–water partition coefficient (Wildman–Crippen LogP) is 4.69. The predicted molar refractivity (Wildman–Crippen MR) is 87.0 cm³/mol. The summed E-state index contributed by atoms with van der Waals surface area (Å²) < 4.78 is 0.906. The first-order chi connectivity index (χ1) is 9.40.